The van der Waals surface area contributed by atoms with Crippen molar-refractivity contribution >= 4 is 14.6 Å². The standard InChI is InChI=1S/C22H40BP/c1(5-17-23-19-9-7-10-20(23)12-8-11-19)2-6-18-24-21-13-3-4-14-22(24)16-15-21/h19-22H,1-18H2. The molecule has 136 valence electrons. The van der Waals surface area contributed by atoms with Gasteiger partial charge in [-0.25, -0.2) is 0 Å². The Kier molecular flexibility index (Phi) is 6.65. The smallest absolute Gasteiger partial charge is 0.100 e. The van der Waals surface area contributed by atoms with Crippen LogP contribution in [0.2, 0.25) is 18.0 Å². The van der Waals surface area contributed by atoms with Crippen LogP contribution in [-0.4, -0.2) is 24.2 Å². The van der Waals surface area contributed by atoms with Gasteiger partial charge in [0.15, 0.2) is 0 Å². The fourth-order valence-electron chi connectivity index (χ4n) is 7.07. The van der Waals surface area contributed by atoms with E-state index in [-0.39, 0.29) is 0 Å². The van der Waals surface area contributed by atoms with Crippen LogP contribution in [-0.2, 0) is 0 Å². The van der Waals surface area contributed by atoms with E-state index in [0.29, 0.717) is 7.92 Å². The Morgan fingerprint density at radius 3 is 1.79 bits per heavy atom. The Morgan fingerprint density at radius 2 is 1.17 bits per heavy atom. The Morgan fingerprint density at radius 1 is 0.583 bits per heavy atom. The minimum absolute atomic E-state index is 0.449. The summed E-state index contributed by atoms with van der Waals surface area (Å²) >= 11 is 0. The summed E-state index contributed by atoms with van der Waals surface area (Å²) in [6.07, 6.45) is 28.5. The first-order valence-corrected chi connectivity index (χ1v) is 13.3. The number of hydrogen-bond donors (Lipinski definition) is 0. The molecular formula is C22H40BP. The topological polar surface area (TPSA) is 0 Å². The van der Waals surface area contributed by atoms with Crippen molar-refractivity contribution in [1.29, 1.82) is 0 Å². The summed E-state index contributed by atoms with van der Waals surface area (Å²) in [6, 6.07) is 0. The Bertz CT molecular complexity index is 331. The predicted octanol–water partition coefficient (Wildman–Crippen LogP) is 7.74. The summed E-state index contributed by atoms with van der Waals surface area (Å²) in [7, 11) is 0.449. The number of unbranched alkanes of at least 4 members (excludes halogenated alkanes) is 3. The van der Waals surface area contributed by atoms with Crippen LogP contribution in [0.5, 0.6) is 0 Å². The molecule has 0 aromatic carbocycles. The molecule has 0 N–H and O–H groups in total. The summed E-state index contributed by atoms with van der Waals surface area (Å²) in [5.74, 6) is 2.28. The number of rotatable bonds is 7. The van der Waals surface area contributed by atoms with Gasteiger partial charge in [0.2, 0.25) is 0 Å². The molecule has 2 atom stereocenters. The van der Waals surface area contributed by atoms with Crippen LogP contribution >= 0.6 is 7.92 Å². The molecule has 4 aliphatic heterocycles. The Balaban J connectivity index is 1.12. The summed E-state index contributed by atoms with van der Waals surface area (Å²) < 4.78 is 0. The fourth-order valence-corrected chi connectivity index (χ4v) is 11.0. The molecule has 24 heavy (non-hydrogen) atoms. The third-order valence-electron chi connectivity index (χ3n) is 8.31. The van der Waals surface area contributed by atoms with Crippen molar-refractivity contribution in [1.82, 2.24) is 0 Å². The van der Waals surface area contributed by atoms with Gasteiger partial charge in [0.25, 0.3) is 0 Å². The summed E-state index contributed by atoms with van der Waals surface area (Å²) in [5, 5.41) is 0. The van der Waals surface area contributed by atoms with Gasteiger partial charge >= 0.3 is 0 Å². The van der Waals surface area contributed by atoms with E-state index in [4.69, 9.17) is 0 Å². The molecule has 0 radical (unpaired) electrons. The van der Waals surface area contributed by atoms with Crippen molar-refractivity contribution in [3.05, 3.63) is 0 Å². The Hall–Kier alpha value is 0.495. The lowest BCUT2D eigenvalue weighted by Gasteiger charge is -2.40. The lowest BCUT2D eigenvalue weighted by atomic mass is 9.26. The van der Waals surface area contributed by atoms with Gasteiger partial charge in [-0.05, 0) is 49.6 Å². The van der Waals surface area contributed by atoms with Crippen molar-refractivity contribution < 1.29 is 0 Å². The van der Waals surface area contributed by atoms with E-state index < -0.39 is 0 Å². The lowest BCUT2D eigenvalue weighted by molar-refractivity contribution is 0.439. The Labute approximate surface area is 153 Å². The molecule has 4 saturated heterocycles. The first-order valence-electron chi connectivity index (χ1n) is 11.7. The van der Waals surface area contributed by atoms with Gasteiger partial charge in [0.1, 0.15) is 6.71 Å². The average Bonchev–Trinajstić information content (AvgIpc) is 2.82. The third-order valence-corrected chi connectivity index (χ3v) is 12.1. The van der Waals surface area contributed by atoms with Crippen molar-refractivity contribution in [3.8, 4) is 0 Å². The molecule has 0 nitrogen and oxygen atoms in total. The number of fused-ring (bicyclic) bond motifs is 4. The highest BCUT2D eigenvalue weighted by Gasteiger charge is 2.38. The maximum atomic E-state index is 1.65. The molecule has 0 aromatic rings. The minimum atomic E-state index is 0.449. The van der Waals surface area contributed by atoms with E-state index >= 15 is 0 Å². The normalized spacial score (nSPS) is 39.0. The first kappa shape index (κ1) is 17.9. The quantitative estimate of drug-likeness (QED) is 0.251. The van der Waals surface area contributed by atoms with Crippen molar-refractivity contribution in [2.24, 2.45) is 0 Å². The molecule has 4 fully saturated rings. The highest BCUT2D eigenvalue weighted by molar-refractivity contribution is 7.59. The summed E-state index contributed by atoms with van der Waals surface area (Å²) in [6.45, 7) is 1.15. The van der Waals surface area contributed by atoms with E-state index in [0.717, 1.165) is 18.3 Å². The first-order chi connectivity index (χ1) is 11.9. The number of hydrogen-bond acceptors (Lipinski definition) is 0. The molecule has 4 bridgehead atoms. The SMILES string of the molecule is C(CCCP1C2CCCCC1CC2)CCB1C2CCCC1CCC2. The summed E-state index contributed by atoms with van der Waals surface area (Å²) in [4.78, 5) is 0. The van der Waals surface area contributed by atoms with Crippen molar-refractivity contribution in [2.75, 3.05) is 6.16 Å². The van der Waals surface area contributed by atoms with Gasteiger partial charge in [-0.2, -0.15) is 0 Å². The monoisotopic (exact) mass is 346 g/mol. The van der Waals surface area contributed by atoms with Gasteiger partial charge in [-0.15, -0.1) is 7.92 Å². The van der Waals surface area contributed by atoms with Gasteiger partial charge in [-0.3, -0.25) is 0 Å². The molecule has 0 aliphatic carbocycles. The molecule has 0 amide bonds. The second kappa shape index (κ2) is 8.93. The minimum Gasteiger partial charge on any atom is -0.100 e. The van der Waals surface area contributed by atoms with E-state index in [2.05, 4.69) is 0 Å². The fraction of sp³-hybridized carbons (Fsp3) is 1.00. The van der Waals surface area contributed by atoms with Crippen LogP contribution in [0, 0.1) is 0 Å². The summed E-state index contributed by atoms with van der Waals surface area (Å²) in [5.41, 5.74) is 2.41. The van der Waals surface area contributed by atoms with E-state index in [1.54, 1.807) is 115 Å². The van der Waals surface area contributed by atoms with E-state index in [9.17, 15) is 0 Å². The van der Waals surface area contributed by atoms with E-state index in [1.807, 2.05) is 0 Å². The van der Waals surface area contributed by atoms with Crippen LogP contribution in [0.15, 0.2) is 0 Å². The molecule has 0 aromatic heterocycles. The molecule has 2 unspecified atom stereocenters. The van der Waals surface area contributed by atoms with Crippen LogP contribution < -0.4 is 0 Å². The maximum absolute atomic E-state index is 1.65. The highest BCUT2D eigenvalue weighted by Crippen LogP contribution is 2.60. The van der Waals surface area contributed by atoms with Gasteiger partial charge in [0.05, 0.1) is 0 Å². The molecule has 4 rings (SSSR count). The molecule has 4 heterocycles. The average molecular weight is 346 g/mol. The molecule has 4 aliphatic rings. The zero-order chi connectivity index (χ0) is 16.2. The van der Waals surface area contributed by atoms with Crippen LogP contribution in [0.4, 0.5) is 0 Å². The van der Waals surface area contributed by atoms with Crippen molar-refractivity contribution in [3.63, 3.8) is 0 Å². The molecular weight excluding hydrogens is 306 g/mol. The largest absolute Gasteiger partial charge is 0.146 e. The van der Waals surface area contributed by atoms with E-state index in [1.165, 1.54) is 11.3 Å². The second-order valence-electron chi connectivity index (χ2n) is 9.66. The lowest BCUT2D eigenvalue weighted by Crippen LogP contribution is -2.34. The third kappa shape index (κ3) is 4.24. The van der Waals surface area contributed by atoms with Gasteiger partial charge < -0.3 is 0 Å². The molecule has 2 heteroatoms. The van der Waals surface area contributed by atoms with Gasteiger partial charge in [0, 0.05) is 0 Å². The zero-order valence-electron chi connectivity index (χ0n) is 16.1. The molecule has 0 saturated carbocycles. The molecule has 0 spiro atoms. The zero-order valence-corrected chi connectivity index (χ0v) is 17.0. The highest BCUT2D eigenvalue weighted by atomic mass is 31.1. The van der Waals surface area contributed by atoms with Gasteiger partial charge in [-0.1, -0.05) is 88.6 Å². The predicted molar refractivity (Wildman–Crippen MR) is 111 cm³/mol. The van der Waals surface area contributed by atoms with Crippen LogP contribution in [0.25, 0.3) is 0 Å². The van der Waals surface area contributed by atoms with Crippen molar-refractivity contribution in [2.45, 2.75) is 132 Å². The second-order valence-corrected chi connectivity index (χ2v) is 12.6. The van der Waals surface area contributed by atoms with Crippen LogP contribution in [0.1, 0.15) is 103 Å². The maximum Gasteiger partial charge on any atom is 0.146 e. The van der Waals surface area contributed by atoms with Crippen LogP contribution in [0.3, 0.4) is 0 Å².